The Morgan fingerprint density at radius 1 is 1.28 bits per heavy atom. The summed E-state index contributed by atoms with van der Waals surface area (Å²) in [5, 5.41) is 12.9. The van der Waals surface area contributed by atoms with Crippen LogP contribution in [0.15, 0.2) is 57.7 Å². The van der Waals surface area contributed by atoms with E-state index >= 15 is 0 Å². The van der Waals surface area contributed by atoms with E-state index in [0.29, 0.717) is 17.0 Å². The van der Waals surface area contributed by atoms with E-state index in [1.54, 1.807) is 24.3 Å². The van der Waals surface area contributed by atoms with Crippen molar-refractivity contribution >= 4 is 11.6 Å². The van der Waals surface area contributed by atoms with Crippen LogP contribution in [0.25, 0.3) is 11.5 Å². The number of hydrogen-bond donors (Lipinski definition) is 0. The van der Waals surface area contributed by atoms with Crippen LogP contribution in [0.4, 0.5) is 10.1 Å². The summed E-state index contributed by atoms with van der Waals surface area (Å²) in [6.45, 7) is -0.278. The first-order valence-electron chi connectivity index (χ1n) is 8.67. The van der Waals surface area contributed by atoms with Gasteiger partial charge >= 0.3 is 5.76 Å². The zero-order valence-electron chi connectivity index (χ0n) is 15.5. The Kier molecular flexibility index (Phi) is 6.04. The molecule has 0 spiro atoms. The van der Waals surface area contributed by atoms with Crippen molar-refractivity contribution in [3.8, 4) is 23.3 Å². The standard InChI is InChI=1S/C20H17FN4O4/c1-28-17-6-3-2-5-16(17)24(12-4-11-22)18(26)13-25-20(27)29-19(23-25)14-7-9-15(21)10-8-14/h2-3,5-10H,4,12-13H2,1H3. The predicted molar refractivity (Wildman–Crippen MR) is 102 cm³/mol. The van der Waals surface area contributed by atoms with E-state index in [2.05, 4.69) is 5.10 Å². The third-order valence-corrected chi connectivity index (χ3v) is 4.11. The van der Waals surface area contributed by atoms with Crippen LogP contribution in [0.2, 0.25) is 0 Å². The van der Waals surface area contributed by atoms with Crippen molar-refractivity contribution in [2.75, 3.05) is 18.6 Å². The minimum absolute atomic E-state index is 0.0244. The summed E-state index contributed by atoms with van der Waals surface area (Å²) in [5.74, 6) is -1.29. The van der Waals surface area contributed by atoms with E-state index in [1.807, 2.05) is 6.07 Å². The van der Waals surface area contributed by atoms with Crippen LogP contribution < -0.4 is 15.4 Å². The average molecular weight is 396 g/mol. The molecule has 3 aromatic rings. The van der Waals surface area contributed by atoms with Crippen LogP contribution in [0.5, 0.6) is 5.75 Å². The van der Waals surface area contributed by atoms with Gasteiger partial charge in [-0.15, -0.1) is 5.10 Å². The first-order valence-corrected chi connectivity index (χ1v) is 8.67. The molecular formula is C20H17FN4O4. The molecule has 0 N–H and O–H groups in total. The molecule has 1 amide bonds. The van der Waals surface area contributed by atoms with Crippen molar-refractivity contribution in [2.24, 2.45) is 0 Å². The number of carbonyl (C=O) groups is 1. The molecular weight excluding hydrogens is 379 g/mol. The highest BCUT2D eigenvalue weighted by Gasteiger charge is 2.22. The zero-order valence-corrected chi connectivity index (χ0v) is 15.5. The number of halogens is 1. The molecule has 8 nitrogen and oxygen atoms in total. The smallest absolute Gasteiger partial charge is 0.437 e. The average Bonchev–Trinajstić information content (AvgIpc) is 3.09. The highest BCUT2D eigenvalue weighted by atomic mass is 19.1. The number of ether oxygens (including phenoxy) is 1. The van der Waals surface area contributed by atoms with Crippen molar-refractivity contribution in [1.29, 1.82) is 5.26 Å². The fraction of sp³-hybridized carbons (Fsp3) is 0.200. The highest BCUT2D eigenvalue weighted by Crippen LogP contribution is 2.28. The van der Waals surface area contributed by atoms with Crippen molar-refractivity contribution in [3.05, 3.63) is 64.9 Å². The quantitative estimate of drug-likeness (QED) is 0.608. The molecule has 3 rings (SSSR count). The van der Waals surface area contributed by atoms with Gasteiger partial charge in [-0.2, -0.15) is 9.94 Å². The number of hydrogen-bond acceptors (Lipinski definition) is 6. The third kappa shape index (κ3) is 4.50. The summed E-state index contributed by atoms with van der Waals surface area (Å²) in [7, 11) is 1.48. The van der Waals surface area contributed by atoms with E-state index in [1.165, 1.54) is 36.3 Å². The largest absolute Gasteiger partial charge is 0.495 e. The van der Waals surface area contributed by atoms with Crippen molar-refractivity contribution in [3.63, 3.8) is 0 Å². The van der Waals surface area contributed by atoms with Crippen LogP contribution in [-0.4, -0.2) is 29.3 Å². The number of para-hydroxylation sites is 2. The van der Waals surface area contributed by atoms with Gasteiger partial charge < -0.3 is 14.1 Å². The summed E-state index contributed by atoms with van der Waals surface area (Å²) in [4.78, 5) is 26.4. The molecule has 0 bridgehead atoms. The molecule has 0 radical (unpaired) electrons. The summed E-state index contributed by atoms with van der Waals surface area (Å²) in [5.41, 5.74) is 0.881. The van der Waals surface area contributed by atoms with Gasteiger partial charge in [0.15, 0.2) is 0 Å². The van der Waals surface area contributed by atoms with Crippen LogP contribution in [0.3, 0.4) is 0 Å². The number of nitriles is 1. The number of nitrogens with zero attached hydrogens (tertiary/aromatic N) is 4. The van der Waals surface area contributed by atoms with Crippen molar-refractivity contribution in [1.82, 2.24) is 9.78 Å². The Hall–Kier alpha value is -3.93. The van der Waals surface area contributed by atoms with Crippen molar-refractivity contribution in [2.45, 2.75) is 13.0 Å². The highest BCUT2D eigenvalue weighted by molar-refractivity contribution is 5.94. The summed E-state index contributed by atoms with van der Waals surface area (Å²) in [6.07, 6.45) is 0.0956. The number of amides is 1. The Labute approximate surface area is 165 Å². The van der Waals surface area contributed by atoms with Gasteiger partial charge in [0, 0.05) is 12.1 Å². The number of aromatic nitrogens is 2. The normalized spacial score (nSPS) is 10.4. The van der Waals surface area contributed by atoms with Gasteiger partial charge in [-0.05, 0) is 36.4 Å². The topological polar surface area (TPSA) is 101 Å². The lowest BCUT2D eigenvalue weighted by atomic mass is 10.2. The number of benzene rings is 2. The number of carbonyl (C=O) groups excluding carboxylic acids is 1. The number of rotatable bonds is 7. The molecule has 0 fully saturated rings. The van der Waals surface area contributed by atoms with Gasteiger partial charge in [-0.25, -0.2) is 9.18 Å². The molecule has 0 saturated heterocycles. The number of methoxy groups -OCH3 is 1. The predicted octanol–water partition coefficient (Wildman–Crippen LogP) is 2.60. The monoisotopic (exact) mass is 396 g/mol. The molecule has 0 saturated carbocycles. The minimum Gasteiger partial charge on any atom is -0.495 e. The lowest BCUT2D eigenvalue weighted by Gasteiger charge is -2.23. The molecule has 148 valence electrons. The lowest BCUT2D eigenvalue weighted by Crippen LogP contribution is -2.37. The lowest BCUT2D eigenvalue weighted by molar-refractivity contribution is -0.119. The second-order valence-corrected chi connectivity index (χ2v) is 5.96. The van der Waals surface area contributed by atoms with Crippen LogP contribution >= 0.6 is 0 Å². The molecule has 0 aliphatic rings. The van der Waals surface area contributed by atoms with E-state index in [-0.39, 0.29) is 18.9 Å². The second-order valence-electron chi connectivity index (χ2n) is 5.96. The van der Waals surface area contributed by atoms with Gasteiger partial charge in [0.1, 0.15) is 18.1 Å². The SMILES string of the molecule is COc1ccccc1N(CCC#N)C(=O)Cn1nc(-c2ccc(F)cc2)oc1=O. The van der Waals surface area contributed by atoms with E-state index in [4.69, 9.17) is 14.4 Å². The fourth-order valence-corrected chi connectivity index (χ4v) is 2.72. The number of anilines is 1. The van der Waals surface area contributed by atoms with Crippen molar-refractivity contribution < 1.29 is 18.3 Å². The molecule has 9 heteroatoms. The second kappa shape index (κ2) is 8.84. The molecule has 2 aromatic carbocycles. The Morgan fingerprint density at radius 3 is 2.69 bits per heavy atom. The van der Waals surface area contributed by atoms with Crippen LogP contribution in [-0.2, 0) is 11.3 Å². The van der Waals surface area contributed by atoms with Gasteiger partial charge in [0.25, 0.3) is 0 Å². The van der Waals surface area contributed by atoms with Gasteiger partial charge in [-0.1, -0.05) is 12.1 Å². The maximum atomic E-state index is 13.1. The van der Waals surface area contributed by atoms with Crippen LogP contribution in [0.1, 0.15) is 6.42 Å². The summed E-state index contributed by atoms with van der Waals surface area (Å²) >= 11 is 0. The summed E-state index contributed by atoms with van der Waals surface area (Å²) < 4.78 is 24.3. The summed E-state index contributed by atoms with van der Waals surface area (Å²) in [6, 6.07) is 14.1. The first kappa shape index (κ1) is 19.8. The van der Waals surface area contributed by atoms with E-state index in [9.17, 15) is 14.0 Å². The molecule has 29 heavy (non-hydrogen) atoms. The Balaban J connectivity index is 1.87. The van der Waals surface area contributed by atoms with E-state index in [0.717, 1.165) is 4.68 Å². The van der Waals surface area contributed by atoms with E-state index < -0.39 is 24.0 Å². The maximum Gasteiger partial charge on any atom is 0.437 e. The first-order chi connectivity index (χ1) is 14.0. The van der Waals surface area contributed by atoms with Crippen LogP contribution in [0, 0.1) is 17.1 Å². The van der Waals surface area contributed by atoms with Gasteiger partial charge in [0.2, 0.25) is 11.8 Å². The molecule has 1 aromatic heterocycles. The Morgan fingerprint density at radius 2 is 2.00 bits per heavy atom. The third-order valence-electron chi connectivity index (χ3n) is 4.11. The maximum absolute atomic E-state index is 13.1. The molecule has 1 heterocycles. The molecule has 0 atom stereocenters. The zero-order chi connectivity index (χ0) is 20.8. The fourth-order valence-electron chi connectivity index (χ4n) is 2.72. The molecule has 0 aliphatic heterocycles. The molecule has 0 unspecified atom stereocenters. The van der Waals surface area contributed by atoms with Gasteiger partial charge in [-0.3, -0.25) is 4.79 Å². The van der Waals surface area contributed by atoms with Gasteiger partial charge in [0.05, 0.1) is 25.3 Å². The Bertz CT molecular complexity index is 1100. The molecule has 0 aliphatic carbocycles. The minimum atomic E-state index is -0.821.